The second-order valence-corrected chi connectivity index (χ2v) is 12.8. The van der Waals surface area contributed by atoms with Gasteiger partial charge in [-0.3, -0.25) is 0 Å². The summed E-state index contributed by atoms with van der Waals surface area (Å²) in [5.41, 5.74) is 9.13. The van der Waals surface area contributed by atoms with Crippen LogP contribution in [0.4, 0.5) is 0 Å². The van der Waals surface area contributed by atoms with Gasteiger partial charge in [0.2, 0.25) is 0 Å². The van der Waals surface area contributed by atoms with Crippen molar-refractivity contribution in [3.05, 3.63) is 176 Å². The number of benzene rings is 8. The summed E-state index contributed by atoms with van der Waals surface area (Å²) >= 11 is 0. The fraction of sp³-hybridized carbons (Fsp3) is 0. The largest absolute Gasteiger partial charge is 0.456 e. The Morgan fingerprint density at radius 1 is 0.294 bits per heavy atom. The SMILES string of the molecule is c1ccc(-c2ccc(-c3nc(-c4ccc5ccccc5c4)nc(-c4ccc(-c5ccc6c(c5)oc5ccccc56)c5ccccc45)n3)cc2)cc1. The molecule has 10 aromatic rings. The zero-order chi connectivity index (χ0) is 33.7. The van der Waals surface area contributed by atoms with Gasteiger partial charge < -0.3 is 4.42 Å². The fourth-order valence-electron chi connectivity index (χ4n) is 7.16. The van der Waals surface area contributed by atoms with E-state index in [9.17, 15) is 0 Å². The first kappa shape index (κ1) is 29.0. The summed E-state index contributed by atoms with van der Waals surface area (Å²) in [5.74, 6) is 1.90. The molecule has 0 unspecified atom stereocenters. The summed E-state index contributed by atoms with van der Waals surface area (Å²) in [7, 11) is 0. The normalized spacial score (nSPS) is 11.5. The van der Waals surface area contributed by atoms with E-state index < -0.39 is 0 Å². The molecule has 0 radical (unpaired) electrons. The van der Waals surface area contributed by atoms with Gasteiger partial charge in [0.05, 0.1) is 0 Å². The Labute approximate surface area is 294 Å². The van der Waals surface area contributed by atoms with Crippen LogP contribution in [0.2, 0.25) is 0 Å². The molecule has 0 bridgehead atoms. The molecule has 0 amide bonds. The third-order valence-corrected chi connectivity index (χ3v) is 9.75. The van der Waals surface area contributed by atoms with Gasteiger partial charge in [0.15, 0.2) is 17.5 Å². The lowest BCUT2D eigenvalue weighted by Gasteiger charge is -2.13. The van der Waals surface area contributed by atoms with E-state index in [2.05, 4.69) is 158 Å². The molecule has 0 aliphatic heterocycles. The Balaban J connectivity index is 1.13. The molecule has 0 N–H and O–H groups in total. The number of rotatable bonds is 5. The van der Waals surface area contributed by atoms with Gasteiger partial charge in [0.1, 0.15) is 11.2 Å². The minimum absolute atomic E-state index is 0.630. The minimum Gasteiger partial charge on any atom is -0.456 e. The van der Waals surface area contributed by atoms with Gasteiger partial charge in [0, 0.05) is 27.5 Å². The molecule has 0 spiro atoms. The van der Waals surface area contributed by atoms with Gasteiger partial charge in [-0.25, -0.2) is 15.0 Å². The van der Waals surface area contributed by atoms with E-state index in [1.807, 2.05) is 18.2 Å². The van der Waals surface area contributed by atoms with Crippen molar-refractivity contribution < 1.29 is 4.42 Å². The number of aromatic nitrogens is 3. The van der Waals surface area contributed by atoms with Crippen molar-refractivity contribution in [2.24, 2.45) is 0 Å². The first-order chi connectivity index (χ1) is 25.2. The molecule has 0 atom stereocenters. The Hall–Kier alpha value is -6.91. The van der Waals surface area contributed by atoms with Crippen LogP contribution in [0.15, 0.2) is 180 Å². The first-order valence-corrected chi connectivity index (χ1v) is 17.1. The Morgan fingerprint density at radius 2 is 0.843 bits per heavy atom. The van der Waals surface area contributed by atoms with Crippen LogP contribution in [0, 0.1) is 0 Å². The van der Waals surface area contributed by atoms with Crippen molar-refractivity contribution in [2.45, 2.75) is 0 Å². The molecular formula is C47H29N3O. The monoisotopic (exact) mass is 651 g/mol. The predicted octanol–water partition coefficient (Wildman–Crippen LogP) is 12.4. The third-order valence-electron chi connectivity index (χ3n) is 9.75. The molecule has 4 nitrogen and oxygen atoms in total. The average molecular weight is 652 g/mol. The molecule has 0 saturated carbocycles. The second kappa shape index (κ2) is 11.9. The van der Waals surface area contributed by atoms with Crippen LogP contribution in [0.3, 0.4) is 0 Å². The van der Waals surface area contributed by atoms with E-state index in [-0.39, 0.29) is 0 Å². The van der Waals surface area contributed by atoms with Gasteiger partial charge in [-0.05, 0) is 74.1 Å². The highest BCUT2D eigenvalue weighted by atomic mass is 16.3. The quantitative estimate of drug-likeness (QED) is 0.186. The summed E-state index contributed by atoms with van der Waals surface area (Å²) < 4.78 is 6.26. The second-order valence-electron chi connectivity index (χ2n) is 12.8. The van der Waals surface area contributed by atoms with Crippen molar-refractivity contribution in [2.75, 3.05) is 0 Å². The Bertz CT molecular complexity index is 2910. The third kappa shape index (κ3) is 5.13. The number of para-hydroxylation sites is 1. The number of fused-ring (bicyclic) bond motifs is 5. The summed E-state index contributed by atoms with van der Waals surface area (Å²) in [5, 5.41) is 6.75. The molecule has 2 heterocycles. The van der Waals surface area contributed by atoms with Crippen LogP contribution in [-0.2, 0) is 0 Å². The van der Waals surface area contributed by atoms with Gasteiger partial charge in [-0.1, -0.05) is 146 Å². The molecule has 0 aliphatic carbocycles. The van der Waals surface area contributed by atoms with E-state index in [0.29, 0.717) is 17.5 Å². The van der Waals surface area contributed by atoms with Crippen LogP contribution in [0.25, 0.3) is 99.9 Å². The van der Waals surface area contributed by atoms with Crippen LogP contribution in [-0.4, -0.2) is 15.0 Å². The number of hydrogen-bond acceptors (Lipinski definition) is 4. The lowest BCUT2D eigenvalue weighted by molar-refractivity contribution is 0.669. The van der Waals surface area contributed by atoms with Crippen molar-refractivity contribution in [3.8, 4) is 56.4 Å². The van der Waals surface area contributed by atoms with E-state index in [0.717, 1.165) is 71.5 Å². The first-order valence-electron chi connectivity index (χ1n) is 17.1. The maximum Gasteiger partial charge on any atom is 0.164 e. The minimum atomic E-state index is 0.630. The lowest BCUT2D eigenvalue weighted by atomic mass is 9.94. The zero-order valence-electron chi connectivity index (χ0n) is 27.5. The highest BCUT2D eigenvalue weighted by Crippen LogP contribution is 2.38. The predicted molar refractivity (Wildman–Crippen MR) is 209 cm³/mol. The van der Waals surface area contributed by atoms with E-state index in [1.54, 1.807) is 0 Å². The molecule has 2 aromatic heterocycles. The Kier molecular flexibility index (Phi) is 6.78. The maximum atomic E-state index is 6.26. The Morgan fingerprint density at radius 3 is 1.67 bits per heavy atom. The molecule has 4 heteroatoms. The van der Waals surface area contributed by atoms with E-state index in [4.69, 9.17) is 19.4 Å². The van der Waals surface area contributed by atoms with Gasteiger partial charge >= 0.3 is 0 Å². The number of hydrogen-bond donors (Lipinski definition) is 0. The molecular weight excluding hydrogens is 623 g/mol. The summed E-state index contributed by atoms with van der Waals surface area (Å²) in [6.07, 6.45) is 0. The fourth-order valence-corrected chi connectivity index (χ4v) is 7.16. The maximum absolute atomic E-state index is 6.26. The van der Waals surface area contributed by atoms with Crippen LogP contribution >= 0.6 is 0 Å². The van der Waals surface area contributed by atoms with E-state index in [1.165, 1.54) is 10.9 Å². The molecule has 8 aromatic carbocycles. The molecule has 10 rings (SSSR count). The summed E-state index contributed by atoms with van der Waals surface area (Å²) in [6, 6.07) is 61.1. The molecule has 0 saturated heterocycles. The highest BCUT2D eigenvalue weighted by molar-refractivity contribution is 6.08. The molecule has 51 heavy (non-hydrogen) atoms. The standard InChI is InChI=1S/C47H29N3O/c1-2-10-30(11-3-1)32-18-21-33(22-19-32)45-48-46(36-23-20-31-12-4-5-13-34(31)28-36)50-47(49-45)42-27-26-37(38-14-6-7-15-39(38)42)35-24-25-41-40-16-8-9-17-43(40)51-44(41)29-35/h1-29H. The molecule has 238 valence electrons. The van der Waals surface area contributed by atoms with Crippen LogP contribution in [0.5, 0.6) is 0 Å². The zero-order valence-corrected chi connectivity index (χ0v) is 27.5. The van der Waals surface area contributed by atoms with Gasteiger partial charge in [-0.2, -0.15) is 0 Å². The van der Waals surface area contributed by atoms with Crippen molar-refractivity contribution in [1.29, 1.82) is 0 Å². The topological polar surface area (TPSA) is 51.8 Å². The smallest absolute Gasteiger partial charge is 0.164 e. The summed E-state index contributed by atoms with van der Waals surface area (Å²) in [4.78, 5) is 15.4. The summed E-state index contributed by atoms with van der Waals surface area (Å²) in [6.45, 7) is 0. The lowest BCUT2D eigenvalue weighted by Crippen LogP contribution is -2.01. The van der Waals surface area contributed by atoms with Crippen molar-refractivity contribution >= 4 is 43.5 Å². The molecule has 0 fully saturated rings. The van der Waals surface area contributed by atoms with E-state index >= 15 is 0 Å². The van der Waals surface area contributed by atoms with Crippen LogP contribution in [0.1, 0.15) is 0 Å². The highest BCUT2D eigenvalue weighted by Gasteiger charge is 2.17. The van der Waals surface area contributed by atoms with Crippen LogP contribution < -0.4 is 0 Å². The van der Waals surface area contributed by atoms with Gasteiger partial charge in [0.25, 0.3) is 0 Å². The average Bonchev–Trinajstić information content (AvgIpc) is 3.58. The van der Waals surface area contributed by atoms with Crippen molar-refractivity contribution in [1.82, 2.24) is 15.0 Å². The molecule has 0 aliphatic rings. The number of nitrogens with zero attached hydrogens (tertiary/aromatic N) is 3. The van der Waals surface area contributed by atoms with Gasteiger partial charge in [-0.15, -0.1) is 0 Å². The van der Waals surface area contributed by atoms with Crippen molar-refractivity contribution in [3.63, 3.8) is 0 Å². The number of furan rings is 1.